The van der Waals surface area contributed by atoms with E-state index in [1.54, 1.807) is 24.3 Å². The minimum Gasteiger partial charge on any atom is -0.268 e. The Morgan fingerprint density at radius 3 is 0.886 bits per heavy atom. The summed E-state index contributed by atoms with van der Waals surface area (Å²) in [5, 5.41) is 5.61. The zero-order valence-corrected chi connectivity index (χ0v) is 22.5. The highest BCUT2D eigenvalue weighted by molar-refractivity contribution is 6.45. The van der Waals surface area contributed by atoms with Crippen LogP contribution in [0, 0.1) is 11.6 Å². The van der Waals surface area contributed by atoms with Gasteiger partial charge in [-0.2, -0.15) is 0 Å². The third-order valence-electron chi connectivity index (χ3n) is 8.81. The average molecular weight is 579 g/mol. The van der Waals surface area contributed by atoms with E-state index in [1.165, 1.54) is 48.5 Å². The van der Waals surface area contributed by atoms with Crippen molar-refractivity contribution >= 4 is 78.1 Å². The van der Waals surface area contributed by atoms with Crippen LogP contribution in [0.2, 0.25) is 0 Å². The highest BCUT2D eigenvalue weighted by atomic mass is 19.1. The lowest BCUT2D eigenvalue weighted by Gasteiger charge is -2.30. The van der Waals surface area contributed by atoms with Gasteiger partial charge in [0.05, 0.1) is 11.4 Å². The van der Waals surface area contributed by atoms with Crippen LogP contribution in [0.15, 0.2) is 97.1 Å². The van der Waals surface area contributed by atoms with Crippen molar-refractivity contribution < 1.29 is 28.0 Å². The van der Waals surface area contributed by atoms with Crippen molar-refractivity contribution in [2.75, 3.05) is 9.80 Å². The van der Waals surface area contributed by atoms with Gasteiger partial charge in [0.1, 0.15) is 11.6 Å². The van der Waals surface area contributed by atoms with Crippen LogP contribution in [0.3, 0.4) is 0 Å². The second-order valence-corrected chi connectivity index (χ2v) is 11.0. The minimum absolute atomic E-state index is 0.272. The fourth-order valence-electron chi connectivity index (χ4n) is 6.92. The van der Waals surface area contributed by atoms with Crippen LogP contribution in [0.5, 0.6) is 0 Å². The fourth-order valence-corrected chi connectivity index (χ4v) is 6.92. The summed E-state index contributed by atoms with van der Waals surface area (Å²) in [7, 11) is 0. The lowest BCUT2D eigenvalue weighted by atomic mass is 9.82. The molecule has 0 aliphatic carbocycles. The number of anilines is 2. The van der Waals surface area contributed by atoms with E-state index in [0.29, 0.717) is 33.0 Å². The lowest BCUT2D eigenvalue weighted by molar-refractivity contribution is 0.0877. The molecule has 44 heavy (non-hydrogen) atoms. The molecule has 0 aromatic heterocycles. The van der Waals surface area contributed by atoms with Gasteiger partial charge in [0.25, 0.3) is 23.6 Å². The number of hydrogen-bond acceptors (Lipinski definition) is 4. The first-order chi connectivity index (χ1) is 21.3. The number of hydrogen-bond donors (Lipinski definition) is 0. The number of imide groups is 2. The van der Waals surface area contributed by atoms with Gasteiger partial charge in [-0.25, -0.2) is 18.6 Å². The van der Waals surface area contributed by atoms with Gasteiger partial charge in [-0.05, 0) is 105 Å². The number of rotatable bonds is 2. The monoisotopic (exact) mass is 578 g/mol. The molecule has 8 heteroatoms. The third kappa shape index (κ3) is 2.96. The van der Waals surface area contributed by atoms with Gasteiger partial charge in [0, 0.05) is 33.0 Å². The van der Waals surface area contributed by atoms with Crippen LogP contribution in [-0.2, 0) is 0 Å². The molecule has 0 saturated heterocycles. The molecule has 6 nitrogen and oxygen atoms in total. The summed E-state index contributed by atoms with van der Waals surface area (Å²) in [6, 6.07) is 24.4. The summed E-state index contributed by atoms with van der Waals surface area (Å²) in [4.78, 5) is 57.1. The molecule has 7 aromatic rings. The molecule has 0 bridgehead atoms. The van der Waals surface area contributed by atoms with Crippen molar-refractivity contribution in [2.24, 2.45) is 0 Å². The summed E-state index contributed by atoms with van der Waals surface area (Å²) in [6.07, 6.45) is 0. The smallest absolute Gasteiger partial charge is 0.265 e. The first-order valence-corrected chi connectivity index (χ1v) is 13.8. The number of amides is 4. The Kier molecular flexibility index (Phi) is 4.63. The van der Waals surface area contributed by atoms with Crippen LogP contribution in [-0.4, -0.2) is 23.6 Å². The molecule has 9 rings (SSSR count). The van der Waals surface area contributed by atoms with E-state index in [1.807, 2.05) is 24.3 Å². The number of halogens is 2. The molecule has 2 aliphatic rings. The molecule has 0 spiro atoms. The summed E-state index contributed by atoms with van der Waals surface area (Å²) in [5.41, 5.74) is 1.93. The zero-order chi connectivity index (χ0) is 30.0. The fraction of sp³-hybridized carbons (Fsp3) is 0. The SMILES string of the molecule is O=C1c2ccc3c4ccc5c6c(ccc(c7ccc(c2c37)C(=O)N1c1ccc(F)cc1)c64)C(=O)N(c1ccc(F)cc1)C5=O. The summed E-state index contributed by atoms with van der Waals surface area (Å²) >= 11 is 0. The number of nitrogens with zero attached hydrogens (tertiary/aromatic N) is 2. The van der Waals surface area contributed by atoms with E-state index in [2.05, 4.69) is 0 Å². The molecule has 0 fully saturated rings. The van der Waals surface area contributed by atoms with Gasteiger partial charge in [0.15, 0.2) is 0 Å². The first-order valence-electron chi connectivity index (χ1n) is 13.8. The molecule has 0 N–H and O–H groups in total. The van der Waals surface area contributed by atoms with Crippen molar-refractivity contribution in [2.45, 2.75) is 0 Å². The third-order valence-corrected chi connectivity index (χ3v) is 8.81. The second kappa shape index (κ2) is 8.29. The maximum absolute atomic E-state index is 13.7. The maximum Gasteiger partial charge on any atom is 0.265 e. The Balaban J connectivity index is 1.31. The highest BCUT2D eigenvalue weighted by Crippen LogP contribution is 2.46. The summed E-state index contributed by atoms with van der Waals surface area (Å²) in [6.45, 7) is 0. The average Bonchev–Trinajstić information content (AvgIpc) is 3.03. The number of fused-ring (bicyclic) bond motifs is 2. The maximum atomic E-state index is 13.7. The molecule has 4 amide bonds. The van der Waals surface area contributed by atoms with Gasteiger partial charge in [-0.3, -0.25) is 19.2 Å². The van der Waals surface area contributed by atoms with E-state index in [4.69, 9.17) is 0 Å². The van der Waals surface area contributed by atoms with E-state index < -0.39 is 35.3 Å². The van der Waals surface area contributed by atoms with Crippen LogP contribution >= 0.6 is 0 Å². The van der Waals surface area contributed by atoms with Gasteiger partial charge >= 0.3 is 0 Å². The van der Waals surface area contributed by atoms with Crippen molar-refractivity contribution in [1.29, 1.82) is 0 Å². The molecule has 7 aromatic carbocycles. The Morgan fingerprint density at radius 2 is 0.614 bits per heavy atom. The topological polar surface area (TPSA) is 74.8 Å². The Bertz CT molecular complexity index is 2190. The molecule has 2 aliphatic heterocycles. The van der Waals surface area contributed by atoms with Crippen LogP contribution in [0.1, 0.15) is 41.4 Å². The van der Waals surface area contributed by atoms with E-state index in [0.717, 1.165) is 42.1 Å². The molecule has 208 valence electrons. The normalized spacial score (nSPS) is 14.7. The van der Waals surface area contributed by atoms with Crippen molar-refractivity contribution in [3.63, 3.8) is 0 Å². The largest absolute Gasteiger partial charge is 0.268 e. The number of carbonyl (C=O) groups is 4. The van der Waals surface area contributed by atoms with Crippen LogP contribution in [0.4, 0.5) is 20.2 Å². The van der Waals surface area contributed by atoms with Crippen LogP contribution in [0.25, 0.3) is 43.1 Å². The van der Waals surface area contributed by atoms with Crippen molar-refractivity contribution in [3.05, 3.63) is 131 Å². The van der Waals surface area contributed by atoms with Gasteiger partial charge < -0.3 is 0 Å². The predicted molar refractivity (Wildman–Crippen MR) is 163 cm³/mol. The Labute approximate surface area is 246 Å². The molecule has 0 atom stereocenters. The predicted octanol–water partition coefficient (Wildman–Crippen LogP) is 7.62. The Morgan fingerprint density at radius 1 is 0.341 bits per heavy atom. The van der Waals surface area contributed by atoms with Crippen molar-refractivity contribution in [3.8, 4) is 0 Å². The first kappa shape index (κ1) is 24.6. The van der Waals surface area contributed by atoms with Gasteiger partial charge in [-0.15, -0.1) is 0 Å². The van der Waals surface area contributed by atoms with E-state index in [9.17, 15) is 28.0 Å². The summed E-state index contributed by atoms with van der Waals surface area (Å²) in [5.74, 6) is -2.99. The van der Waals surface area contributed by atoms with Gasteiger partial charge in [-0.1, -0.05) is 24.3 Å². The van der Waals surface area contributed by atoms with Gasteiger partial charge in [0.2, 0.25) is 0 Å². The summed E-state index contributed by atoms with van der Waals surface area (Å²) < 4.78 is 27.2. The number of carbonyl (C=O) groups excluding carboxylic acids is 4. The molecule has 0 saturated carbocycles. The van der Waals surface area contributed by atoms with E-state index in [-0.39, 0.29) is 11.4 Å². The molecular weight excluding hydrogens is 562 g/mol. The lowest BCUT2D eigenvalue weighted by Crippen LogP contribution is -2.40. The number of benzene rings is 7. The molecule has 0 radical (unpaired) electrons. The van der Waals surface area contributed by atoms with Crippen molar-refractivity contribution in [1.82, 2.24) is 0 Å². The Hall–Kier alpha value is -6.02. The van der Waals surface area contributed by atoms with E-state index >= 15 is 0 Å². The highest BCUT2D eigenvalue weighted by Gasteiger charge is 2.37. The standard InChI is InChI=1S/C36H16F2N2O4/c37-17-1-5-19(6-2-17)39-33(41)25-13-9-21-23-11-15-27-32-28(36(44)40(35(27)43)20-7-3-18(38)4-8-20)16-12-24(30(23)32)22-10-14-26(34(39)42)31(25)29(21)22/h1-16H. The molecule has 2 heterocycles. The minimum atomic E-state index is -0.508. The second-order valence-electron chi connectivity index (χ2n) is 11.0. The zero-order valence-electron chi connectivity index (χ0n) is 22.5. The quantitative estimate of drug-likeness (QED) is 0.120. The van der Waals surface area contributed by atoms with Crippen LogP contribution < -0.4 is 9.80 Å². The molecule has 0 unspecified atom stereocenters. The molecular formula is C36H16F2N2O4.